The van der Waals surface area contributed by atoms with Gasteiger partial charge >= 0.3 is 0 Å². The van der Waals surface area contributed by atoms with E-state index in [4.69, 9.17) is 0 Å². The molecule has 0 aromatic heterocycles. The average molecular weight is 374 g/mol. The lowest BCUT2D eigenvalue weighted by Crippen LogP contribution is -2.50. The molecule has 0 heterocycles. The van der Waals surface area contributed by atoms with Crippen LogP contribution in [0.25, 0.3) is 0 Å². The molecule has 0 saturated carbocycles. The molecule has 2 unspecified atom stereocenters. The van der Waals surface area contributed by atoms with Gasteiger partial charge in [0, 0.05) is 0 Å². The summed E-state index contributed by atoms with van der Waals surface area (Å²) in [5.41, 5.74) is -1.10. The van der Waals surface area contributed by atoms with E-state index in [0.717, 1.165) is 11.1 Å². The number of carbonyl (C=O) groups is 3. The minimum atomic E-state index is -1.40. The number of hydrogen-bond acceptors (Lipinski definition) is 3. The van der Waals surface area contributed by atoms with Crippen molar-refractivity contribution in [1.29, 1.82) is 0 Å². The van der Waals surface area contributed by atoms with Crippen LogP contribution in [0.5, 0.6) is 0 Å². The summed E-state index contributed by atoms with van der Waals surface area (Å²) in [4.78, 5) is 39.4. The van der Waals surface area contributed by atoms with Crippen LogP contribution in [0.15, 0.2) is 86.0 Å². The Labute approximate surface area is 166 Å². The molecule has 2 rings (SSSR count). The van der Waals surface area contributed by atoms with Gasteiger partial charge in [-0.1, -0.05) is 73.8 Å². The first-order valence-corrected chi connectivity index (χ1v) is 9.24. The number of hydrogen-bond donors (Lipinski definition) is 0. The Morgan fingerprint density at radius 2 is 1.04 bits per heavy atom. The zero-order valence-corrected chi connectivity index (χ0v) is 16.5. The van der Waals surface area contributed by atoms with Crippen molar-refractivity contribution in [3.63, 3.8) is 0 Å². The van der Waals surface area contributed by atoms with Crippen molar-refractivity contribution in [2.75, 3.05) is 0 Å². The molecule has 2 aromatic carbocycles. The Hall–Kier alpha value is -3.07. The molecule has 2 aromatic rings. The summed E-state index contributed by atoms with van der Waals surface area (Å²) in [5.74, 6) is -1.20. The van der Waals surface area contributed by atoms with Crippen LogP contribution < -0.4 is 0 Å². The summed E-state index contributed by atoms with van der Waals surface area (Å²) in [6, 6.07) is 18.6. The molecule has 0 saturated heterocycles. The maximum atomic E-state index is 13.8. The average Bonchev–Trinajstić information content (AvgIpc) is 2.73. The van der Waals surface area contributed by atoms with Gasteiger partial charge in [-0.05, 0) is 50.0 Å². The SMILES string of the molecule is C=CC(=O)C(C)(Cc1ccccc1)C(=O)C(C)(Cc1ccccc1)C(=O)C=C. The van der Waals surface area contributed by atoms with Gasteiger partial charge in [0.1, 0.15) is 0 Å². The number of benzene rings is 2. The lowest BCUT2D eigenvalue weighted by atomic mass is 9.63. The molecule has 0 spiro atoms. The summed E-state index contributed by atoms with van der Waals surface area (Å²) >= 11 is 0. The van der Waals surface area contributed by atoms with Gasteiger partial charge in [-0.25, -0.2) is 0 Å². The van der Waals surface area contributed by atoms with E-state index in [1.54, 1.807) is 13.8 Å². The van der Waals surface area contributed by atoms with E-state index < -0.39 is 28.2 Å². The molecule has 28 heavy (non-hydrogen) atoms. The number of Topliss-reactive ketones (excluding diaryl/α,β-unsaturated/α-hetero) is 1. The van der Waals surface area contributed by atoms with Gasteiger partial charge in [-0.3, -0.25) is 14.4 Å². The fraction of sp³-hybridized carbons (Fsp3) is 0.240. The summed E-state index contributed by atoms with van der Waals surface area (Å²) < 4.78 is 0. The molecule has 0 N–H and O–H groups in total. The van der Waals surface area contributed by atoms with Crippen molar-refractivity contribution in [3.05, 3.63) is 97.1 Å². The first kappa shape index (κ1) is 21.2. The summed E-state index contributed by atoms with van der Waals surface area (Å²) in [5, 5.41) is 0. The summed E-state index contributed by atoms with van der Waals surface area (Å²) in [6.07, 6.45) is 2.74. The minimum Gasteiger partial charge on any atom is -0.297 e. The molecule has 0 radical (unpaired) electrons. The zero-order valence-electron chi connectivity index (χ0n) is 16.5. The molecule has 2 atom stereocenters. The third-order valence-electron chi connectivity index (χ3n) is 5.26. The van der Waals surface area contributed by atoms with Gasteiger partial charge in [0.25, 0.3) is 0 Å². The van der Waals surface area contributed by atoms with Gasteiger partial charge in [-0.2, -0.15) is 0 Å². The highest BCUT2D eigenvalue weighted by molar-refractivity contribution is 6.21. The lowest BCUT2D eigenvalue weighted by Gasteiger charge is -2.35. The fourth-order valence-electron chi connectivity index (χ4n) is 3.63. The fourth-order valence-corrected chi connectivity index (χ4v) is 3.63. The first-order chi connectivity index (χ1) is 13.3. The topological polar surface area (TPSA) is 51.2 Å². The van der Waals surface area contributed by atoms with E-state index in [2.05, 4.69) is 13.2 Å². The van der Waals surface area contributed by atoms with Crippen molar-refractivity contribution in [3.8, 4) is 0 Å². The Morgan fingerprint density at radius 1 is 0.714 bits per heavy atom. The first-order valence-electron chi connectivity index (χ1n) is 9.24. The standard InChI is InChI=1S/C25H26O3/c1-5-21(26)24(3,17-19-13-9-7-10-14-19)23(28)25(4,22(27)6-2)18-20-15-11-8-12-16-20/h5-16H,1-2,17-18H2,3-4H3. The van der Waals surface area contributed by atoms with E-state index in [1.165, 1.54) is 12.2 Å². The van der Waals surface area contributed by atoms with E-state index in [0.29, 0.717) is 0 Å². The third-order valence-corrected chi connectivity index (χ3v) is 5.26. The van der Waals surface area contributed by atoms with Crippen LogP contribution in [0, 0.1) is 10.8 Å². The molecule has 0 aliphatic carbocycles. The Balaban J connectivity index is 2.53. The van der Waals surface area contributed by atoms with Crippen LogP contribution in [0.1, 0.15) is 25.0 Å². The van der Waals surface area contributed by atoms with Gasteiger partial charge in [0.15, 0.2) is 17.3 Å². The highest BCUT2D eigenvalue weighted by Crippen LogP contribution is 2.38. The predicted molar refractivity (Wildman–Crippen MR) is 112 cm³/mol. The molecule has 3 heteroatoms. The van der Waals surface area contributed by atoms with Crippen molar-refractivity contribution in [2.45, 2.75) is 26.7 Å². The number of allylic oxidation sites excluding steroid dienone is 2. The molecule has 0 bridgehead atoms. The van der Waals surface area contributed by atoms with Crippen LogP contribution in [0.3, 0.4) is 0 Å². The largest absolute Gasteiger partial charge is 0.297 e. The molecular formula is C25H26O3. The molecule has 0 fully saturated rings. The number of ketones is 3. The Bertz CT molecular complexity index is 809. The molecule has 3 nitrogen and oxygen atoms in total. The van der Waals surface area contributed by atoms with Crippen LogP contribution in [0.4, 0.5) is 0 Å². The van der Waals surface area contributed by atoms with Crippen molar-refractivity contribution < 1.29 is 14.4 Å². The van der Waals surface area contributed by atoms with Gasteiger partial charge in [0.05, 0.1) is 10.8 Å². The van der Waals surface area contributed by atoms with E-state index in [9.17, 15) is 14.4 Å². The quantitative estimate of drug-likeness (QED) is 0.452. The normalized spacial score (nSPS) is 14.9. The maximum absolute atomic E-state index is 13.8. The van der Waals surface area contributed by atoms with E-state index >= 15 is 0 Å². The second-order valence-electron chi connectivity index (χ2n) is 7.45. The predicted octanol–water partition coefficient (Wildman–Crippen LogP) is 4.56. The summed E-state index contributed by atoms with van der Waals surface area (Å²) in [7, 11) is 0. The number of carbonyl (C=O) groups excluding carboxylic acids is 3. The van der Waals surface area contributed by atoms with Gasteiger partial charge in [-0.15, -0.1) is 0 Å². The van der Waals surface area contributed by atoms with Crippen LogP contribution in [-0.4, -0.2) is 17.3 Å². The van der Waals surface area contributed by atoms with Gasteiger partial charge < -0.3 is 0 Å². The maximum Gasteiger partial charge on any atom is 0.168 e. The van der Waals surface area contributed by atoms with E-state index in [-0.39, 0.29) is 12.8 Å². The molecule has 0 aliphatic heterocycles. The highest BCUT2D eigenvalue weighted by Gasteiger charge is 2.51. The zero-order chi connectivity index (χ0) is 20.8. The minimum absolute atomic E-state index is 0.201. The number of rotatable bonds is 10. The second kappa shape index (κ2) is 8.75. The molecular weight excluding hydrogens is 348 g/mol. The van der Waals surface area contributed by atoms with Crippen molar-refractivity contribution >= 4 is 17.3 Å². The summed E-state index contributed by atoms with van der Waals surface area (Å²) in [6.45, 7) is 10.4. The van der Waals surface area contributed by atoms with Crippen molar-refractivity contribution in [1.82, 2.24) is 0 Å². The molecule has 0 aliphatic rings. The Morgan fingerprint density at radius 3 is 1.32 bits per heavy atom. The Kier molecular flexibility index (Phi) is 6.63. The lowest BCUT2D eigenvalue weighted by molar-refractivity contribution is -0.147. The van der Waals surface area contributed by atoms with E-state index in [1.807, 2.05) is 60.7 Å². The smallest absolute Gasteiger partial charge is 0.168 e. The van der Waals surface area contributed by atoms with Gasteiger partial charge in [0.2, 0.25) is 0 Å². The monoisotopic (exact) mass is 374 g/mol. The second-order valence-corrected chi connectivity index (χ2v) is 7.45. The third kappa shape index (κ3) is 4.25. The highest BCUT2D eigenvalue weighted by atomic mass is 16.2. The molecule has 0 amide bonds. The van der Waals surface area contributed by atoms with Crippen LogP contribution in [0.2, 0.25) is 0 Å². The van der Waals surface area contributed by atoms with Crippen LogP contribution >= 0.6 is 0 Å². The molecule has 144 valence electrons. The van der Waals surface area contributed by atoms with Crippen molar-refractivity contribution in [2.24, 2.45) is 10.8 Å². The van der Waals surface area contributed by atoms with Crippen LogP contribution in [-0.2, 0) is 27.2 Å².